The fraction of sp³-hybridized carbons (Fsp3) is 0.350. The summed E-state index contributed by atoms with van der Waals surface area (Å²) in [4.78, 5) is 11.9. The van der Waals surface area contributed by atoms with E-state index in [1.54, 1.807) is 14.0 Å². The molecule has 28 heavy (non-hydrogen) atoms. The highest BCUT2D eigenvalue weighted by Crippen LogP contribution is 2.19. The number of nitrogens with one attached hydrogen (secondary N) is 2. The third-order valence-electron chi connectivity index (χ3n) is 3.96. The Labute approximate surface area is 166 Å². The van der Waals surface area contributed by atoms with Gasteiger partial charge in [-0.1, -0.05) is 30.3 Å². The summed E-state index contributed by atoms with van der Waals surface area (Å²) >= 11 is 0. The lowest BCUT2D eigenvalue weighted by molar-refractivity contribution is -0.124. The third kappa shape index (κ3) is 6.63. The lowest BCUT2D eigenvalue weighted by atomic mass is 10.1. The Morgan fingerprint density at radius 2 is 1.68 bits per heavy atom. The zero-order valence-electron chi connectivity index (χ0n) is 16.2. The van der Waals surface area contributed by atoms with Crippen molar-refractivity contribution in [3.63, 3.8) is 0 Å². The van der Waals surface area contributed by atoms with Crippen LogP contribution in [0.1, 0.15) is 25.5 Å². The molecule has 0 radical (unpaired) electrons. The van der Waals surface area contributed by atoms with Gasteiger partial charge < -0.3 is 14.8 Å². The number of carbonyl (C=O) groups excluding carboxylic acids is 1. The van der Waals surface area contributed by atoms with Crippen LogP contribution in [0, 0.1) is 0 Å². The minimum Gasteiger partial charge on any atom is -0.484 e. The van der Waals surface area contributed by atoms with E-state index >= 15 is 0 Å². The monoisotopic (exact) mass is 406 g/mol. The van der Waals surface area contributed by atoms with Crippen molar-refractivity contribution in [1.82, 2.24) is 10.0 Å². The van der Waals surface area contributed by atoms with Crippen LogP contribution in [0.5, 0.6) is 5.75 Å². The van der Waals surface area contributed by atoms with Crippen molar-refractivity contribution in [2.75, 3.05) is 20.3 Å². The van der Waals surface area contributed by atoms with Crippen molar-refractivity contribution >= 4 is 15.9 Å². The number of ether oxygens (including phenoxy) is 2. The normalized spacial score (nSPS) is 13.5. The molecule has 152 valence electrons. The second-order valence-electron chi connectivity index (χ2n) is 6.44. The van der Waals surface area contributed by atoms with Crippen LogP contribution in [0.25, 0.3) is 0 Å². The fourth-order valence-corrected chi connectivity index (χ4v) is 3.81. The average Bonchev–Trinajstić information content (AvgIpc) is 2.67. The fourth-order valence-electron chi connectivity index (χ4n) is 2.58. The number of benzene rings is 2. The number of methoxy groups -OCH3 is 1. The molecule has 2 aromatic rings. The van der Waals surface area contributed by atoms with Crippen LogP contribution in [0.4, 0.5) is 0 Å². The lowest BCUT2D eigenvalue weighted by Crippen LogP contribution is -2.38. The number of hydrogen-bond acceptors (Lipinski definition) is 5. The van der Waals surface area contributed by atoms with Crippen molar-refractivity contribution in [3.05, 3.63) is 60.2 Å². The van der Waals surface area contributed by atoms with E-state index in [4.69, 9.17) is 9.47 Å². The molecule has 0 aromatic heterocycles. The molecule has 0 saturated heterocycles. The number of rotatable bonds is 10. The lowest BCUT2D eigenvalue weighted by Gasteiger charge is -2.15. The number of sulfonamides is 1. The molecule has 0 aliphatic carbocycles. The van der Waals surface area contributed by atoms with Gasteiger partial charge in [0.15, 0.2) is 6.61 Å². The first-order valence-corrected chi connectivity index (χ1v) is 10.4. The van der Waals surface area contributed by atoms with E-state index in [9.17, 15) is 13.2 Å². The highest BCUT2D eigenvalue weighted by atomic mass is 32.2. The van der Waals surface area contributed by atoms with Crippen molar-refractivity contribution < 1.29 is 22.7 Å². The van der Waals surface area contributed by atoms with Crippen molar-refractivity contribution in [3.8, 4) is 5.75 Å². The summed E-state index contributed by atoms with van der Waals surface area (Å²) in [5.74, 6) is 0.129. The molecular weight excluding hydrogens is 380 g/mol. The second-order valence-corrected chi connectivity index (χ2v) is 8.15. The Kier molecular flexibility index (Phi) is 7.98. The molecule has 8 heteroatoms. The first-order valence-electron chi connectivity index (χ1n) is 8.90. The predicted molar refractivity (Wildman–Crippen MR) is 107 cm³/mol. The molecule has 0 aliphatic rings. The topological polar surface area (TPSA) is 93.7 Å². The van der Waals surface area contributed by atoms with Gasteiger partial charge in [0, 0.05) is 19.2 Å². The molecule has 0 saturated carbocycles. The van der Waals surface area contributed by atoms with E-state index in [1.165, 1.54) is 24.3 Å². The highest BCUT2D eigenvalue weighted by molar-refractivity contribution is 7.89. The number of hydrogen-bond donors (Lipinski definition) is 2. The van der Waals surface area contributed by atoms with Gasteiger partial charge in [0.25, 0.3) is 5.91 Å². The molecule has 7 nitrogen and oxygen atoms in total. The van der Waals surface area contributed by atoms with Gasteiger partial charge in [-0.2, -0.15) is 0 Å². The molecular formula is C20H26N2O5S. The first kappa shape index (κ1) is 21.9. The first-order chi connectivity index (χ1) is 13.3. The predicted octanol–water partition coefficient (Wildman–Crippen LogP) is 2.26. The summed E-state index contributed by atoms with van der Waals surface area (Å²) in [5.41, 5.74) is 0.875. The quantitative estimate of drug-likeness (QED) is 0.631. The molecule has 2 N–H and O–H groups in total. The number of amides is 1. The third-order valence-corrected chi connectivity index (χ3v) is 5.52. The molecule has 2 atom stereocenters. The Bertz CT molecular complexity index is 854. The van der Waals surface area contributed by atoms with Gasteiger partial charge in [-0.3, -0.25) is 4.79 Å². The minimum absolute atomic E-state index is 0.119. The van der Waals surface area contributed by atoms with Gasteiger partial charge in [-0.25, -0.2) is 13.1 Å². The Balaban J connectivity index is 1.93. The summed E-state index contributed by atoms with van der Waals surface area (Å²) in [6, 6.07) is 14.8. The summed E-state index contributed by atoms with van der Waals surface area (Å²) in [5, 5.41) is 2.73. The van der Waals surface area contributed by atoms with Gasteiger partial charge in [0.1, 0.15) is 5.75 Å². The average molecular weight is 407 g/mol. The van der Waals surface area contributed by atoms with Gasteiger partial charge >= 0.3 is 0 Å². The van der Waals surface area contributed by atoms with Crippen LogP contribution in [0.15, 0.2) is 59.5 Å². The van der Waals surface area contributed by atoms with Gasteiger partial charge in [0.05, 0.1) is 11.5 Å². The number of carbonyl (C=O) groups is 1. The van der Waals surface area contributed by atoms with Gasteiger partial charge in [-0.05, 0) is 43.7 Å². The molecule has 0 fully saturated rings. The van der Waals surface area contributed by atoms with E-state index in [0.717, 1.165) is 5.56 Å². The maximum Gasteiger partial charge on any atom is 0.258 e. The smallest absolute Gasteiger partial charge is 0.258 e. The van der Waals surface area contributed by atoms with E-state index in [1.807, 2.05) is 37.3 Å². The summed E-state index contributed by atoms with van der Waals surface area (Å²) in [6.45, 7) is 3.86. The molecule has 0 heterocycles. The second kappa shape index (κ2) is 10.2. The van der Waals surface area contributed by atoms with Crippen LogP contribution < -0.4 is 14.8 Å². The summed E-state index contributed by atoms with van der Waals surface area (Å²) in [6.07, 6.45) is 0. The van der Waals surface area contributed by atoms with Crippen LogP contribution in [0.2, 0.25) is 0 Å². The minimum atomic E-state index is -3.68. The standard InChI is InChI=1S/C20H26N2O5S/c1-15(13-26-3)21-20(23)14-27-18-9-11-19(12-10-18)28(24,25)22-16(2)17-7-5-4-6-8-17/h4-12,15-16,22H,13-14H2,1-3H3,(H,21,23)/t15-,16-/m1/s1. The van der Waals surface area contributed by atoms with E-state index < -0.39 is 10.0 Å². The Hall–Kier alpha value is -2.42. The SMILES string of the molecule is COC[C@@H](C)NC(=O)COc1ccc(S(=O)(=O)N[C@H](C)c2ccccc2)cc1. The molecule has 0 bridgehead atoms. The zero-order chi connectivity index (χ0) is 20.6. The van der Waals surface area contributed by atoms with Crippen LogP contribution >= 0.6 is 0 Å². The van der Waals surface area contributed by atoms with Crippen LogP contribution in [-0.4, -0.2) is 40.7 Å². The Morgan fingerprint density at radius 1 is 1.04 bits per heavy atom. The highest BCUT2D eigenvalue weighted by Gasteiger charge is 2.18. The van der Waals surface area contributed by atoms with Crippen LogP contribution in [0.3, 0.4) is 0 Å². The molecule has 0 aliphatic heterocycles. The molecule has 1 amide bonds. The summed E-state index contributed by atoms with van der Waals surface area (Å²) in [7, 11) is -2.12. The van der Waals surface area contributed by atoms with Crippen LogP contribution in [-0.2, 0) is 19.6 Å². The van der Waals surface area contributed by atoms with E-state index in [0.29, 0.717) is 12.4 Å². The van der Waals surface area contributed by atoms with E-state index in [2.05, 4.69) is 10.0 Å². The molecule has 0 spiro atoms. The molecule has 0 unspecified atom stereocenters. The van der Waals surface area contributed by atoms with Gasteiger partial charge in [0.2, 0.25) is 10.0 Å². The van der Waals surface area contributed by atoms with Crippen molar-refractivity contribution in [2.24, 2.45) is 0 Å². The summed E-state index contributed by atoms with van der Waals surface area (Å²) < 4.78 is 38.1. The largest absolute Gasteiger partial charge is 0.484 e. The molecule has 2 rings (SSSR count). The zero-order valence-corrected chi connectivity index (χ0v) is 17.0. The van der Waals surface area contributed by atoms with E-state index in [-0.39, 0.29) is 29.5 Å². The maximum absolute atomic E-state index is 12.5. The molecule has 2 aromatic carbocycles. The maximum atomic E-state index is 12.5. The van der Waals surface area contributed by atoms with Crippen molar-refractivity contribution in [1.29, 1.82) is 0 Å². The Morgan fingerprint density at radius 3 is 2.29 bits per heavy atom. The van der Waals surface area contributed by atoms with Gasteiger partial charge in [-0.15, -0.1) is 0 Å². The van der Waals surface area contributed by atoms with Crippen molar-refractivity contribution in [2.45, 2.75) is 30.8 Å².